The standard InChI is InChI=1S/C14H24O2/c1-2-3-4-5-6-7-8-9-10-11-12-13-14(15)16/h10-13H,2-9H2,1H3,(H,15,16)/b11-10?,13-12-. The molecule has 2 heteroatoms. The van der Waals surface area contributed by atoms with E-state index in [0.717, 1.165) is 12.5 Å². The van der Waals surface area contributed by atoms with Crippen molar-refractivity contribution in [1.29, 1.82) is 0 Å². The summed E-state index contributed by atoms with van der Waals surface area (Å²) < 4.78 is 0. The van der Waals surface area contributed by atoms with Crippen LogP contribution in [0.15, 0.2) is 24.3 Å². The molecule has 0 aromatic rings. The molecule has 2 nitrogen and oxygen atoms in total. The van der Waals surface area contributed by atoms with Gasteiger partial charge in [-0.25, -0.2) is 4.79 Å². The van der Waals surface area contributed by atoms with Crippen molar-refractivity contribution in [3.63, 3.8) is 0 Å². The summed E-state index contributed by atoms with van der Waals surface area (Å²) in [6, 6.07) is 0. The number of carbonyl (C=O) groups is 1. The molecule has 0 aliphatic carbocycles. The summed E-state index contributed by atoms with van der Waals surface area (Å²) >= 11 is 0. The first-order valence-electron chi connectivity index (χ1n) is 6.33. The first kappa shape index (κ1) is 14.9. The first-order chi connectivity index (χ1) is 7.77. The third kappa shape index (κ3) is 12.9. The van der Waals surface area contributed by atoms with Gasteiger partial charge in [0.05, 0.1) is 0 Å². The van der Waals surface area contributed by atoms with E-state index in [2.05, 4.69) is 6.92 Å². The monoisotopic (exact) mass is 224 g/mol. The zero-order valence-corrected chi connectivity index (χ0v) is 10.3. The van der Waals surface area contributed by atoms with E-state index in [9.17, 15) is 4.79 Å². The van der Waals surface area contributed by atoms with Crippen LogP contribution in [0.2, 0.25) is 0 Å². The largest absolute Gasteiger partial charge is 0.478 e. The summed E-state index contributed by atoms with van der Waals surface area (Å²) in [6.45, 7) is 2.23. The van der Waals surface area contributed by atoms with Gasteiger partial charge in [-0.2, -0.15) is 0 Å². The molecule has 0 atom stereocenters. The van der Waals surface area contributed by atoms with Crippen molar-refractivity contribution >= 4 is 5.97 Å². The summed E-state index contributed by atoms with van der Waals surface area (Å²) in [5, 5.41) is 8.34. The lowest BCUT2D eigenvalue weighted by Gasteiger charge is -1.98. The fraction of sp³-hybridized carbons (Fsp3) is 0.643. The molecule has 0 bridgehead atoms. The quantitative estimate of drug-likeness (QED) is 0.341. The Kier molecular flexibility index (Phi) is 11.2. The molecule has 0 unspecified atom stereocenters. The lowest BCUT2D eigenvalue weighted by Crippen LogP contribution is -1.84. The third-order valence-corrected chi connectivity index (χ3v) is 2.46. The normalized spacial score (nSPS) is 11.6. The molecule has 0 heterocycles. The molecule has 0 aromatic heterocycles. The predicted octanol–water partition coefficient (Wildman–Crippen LogP) is 4.32. The fourth-order valence-electron chi connectivity index (χ4n) is 1.53. The van der Waals surface area contributed by atoms with Gasteiger partial charge >= 0.3 is 5.97 Å². The second-order valence-corrected chi connectivity index (χ2v) is 4.04. The van der Waals surface area contributed by atoms with E-state index in [4.69, 9.17) is 5.11 Å². The van der Waals surface area contributed by atoms with Crippen LogP contribution in [0, 0.1) is 0 Å². The number of unbranched alkanes of at least 4 members (excludes halogenated alkanes) is 7. The zero-order valence-electron chi connectivity index (χ0n) is 10.3. The number of rotatable bonds is 10. The van der Waals surface area contributed by atoms with E-state index < -0.39 is 5.97 Å². The predicted molar refractivity (Wildman–Crippen MR) is 68.5 cm³/mol. The van der Waals surface area contributed by atoms with Crippen molar-refractivity contribution in [2.75, 3.05) is 0 Å². The van der Waals surface area contributed by atoms with Crippen molar-refractivity contribution in [1.82, 2.24) is 0 Å². The number of aliphatic carboxylic acids is 1. The van der Waals surface area contributed by atoms with Gasteiger partial charge in [0.15, 0.2) is 0 Å². The van der Waals surface area contributed by atoms with E-state index >= 15 is 0 Å². The number of hydrogen-bond acceptors (Lipinski definition) is 1. The molecule has 0 rings (SSSR count). The Bertz CT molecular complexity index is 217. The second-order valence-electron chi connectivity index (χ2n) is 4.04. The van der Waals surface area contributed by atoms with Crippen LogP contribution in [0.5, 0.6) is 0 Å². The highest BCUT2D eigenvalue weighted by Gasteiger charge is 1.89. The maximum atomic E-state index is 10.1. The number of carboxylic acid groups (broad SMARTS) is 1. The minimum absolute atomic E-state index is 0.888. The first-order valence-corrected chi connectivity index (χ1v) is 6.33. The molecule has 0 saturated heterocycles. The average Bonchev–Trinajstić information content (AvgIpc) is 2.25. The van der Waals surface area contributed by atoms with Crippen LogP contribution in [-0.2, 0) is 4.79 Å². The van der Waals surface area contributed by atoms with Gasteiger partial charge < -0.3 is 5.11 Å². The molecule has 0 amide bonds. The van der Waals surface area contributed by atoms with Crippen molar-refractivity contribution in [2.45, 2.75) is 58.3 Å². The topological polar surface area (TPSA) is 37.3 Å². The molecule has 16 heavy (non-hydrogen) atoms. The minimum Gasteiger partial charge on any atom is -0.478 e. The van der Waals surface area contributed by atoms with Crippen LogP contribution in [0.4, 0.5) is 0 Å². The molecule has 92 valence electrons. The van der Waals surface area contributed by atoms with Gasteiger partial charge in [-0.3, -0.25) is 0 Å². The van der Waals surface area contributed by atoms with Crippen molar-refractivity contribution in [3.8, 4) is 0 Å². The van der Waals surface area contributed by atoms with Crippen LogP contribution < -0.4 is 0 Å². The summed E-state index contributed by atoms with van der Waals surface area (Å²) in [4.78, 5) is 10.1. The molecule has 0 aromatic carbocycles. The van der Waals surface area contributed by atoms with Crippen molar-refractivity contribution in [2.24, 2.45) is 0 Å². The smallest absolute Gasteiger partial charge is 0.328 e. The zero-order chi connectivity index (χ0) is 12.1. The van der Waals surface area contributed by atoms with Gasteiger partial charge in [-0.1, -0.05) is 63.7 Å². The Morgan fingerprint density at radius 1 is 1.00 bits per heavy atom. The summed E-state index contributed by atoms with van der Waals surface area (Å²) in [5.74, 6) is -0.888. The average molecular weight is 224 g/mol. The Labute approximate surface area is 99.1 Å². The van der Waals surface area contributed by atoms with Crippen LogP contribution >= 0.6 is 0 Å². The van der Waals surface area contributed by atoms with E-state index in [0.29, 0.717) is 0 Å². The number of carboxylic acids is 1. The molecular formula is C14H24O2. The molecule has 0 spiro atoms. The minimum atomic E-state index is -0.888. The molecular weight excluding hydrogens is 200 g/mol. The summed E-state index contributed by atoms with van der Waals surface area (Å²) in [6.07, 6.45) is 16.8. The summed E-state index contributed by atoms with van der Waals surface area (Å²) in [5.41, 5.74) is 0. The van der Waals surface area contributed by atoms with Crippen LogP contribution in [0.1, 0.15) is 58.3 Å². The summed E-state index contributed by atoms with van der Waals surface area (Å²) in [7, 11) is 0. The molecule has 0 aliphatic rings. The van der Waals surface area contributed by atoms with E-state index in [1.807, 2.05) is 12.2 Å². The maximum absolute atomic E-state index is 10.1. The molecule has 1 N–H and O–H groups in total. The van der Waals surface area contributed by atoms with Gasteiger partial charge in [0.1, 0.15) is 0 Å². The lowest BCUT2D eigenvalue weighted by atomic mass is 10.1. The van der Waals surface area contributed by atoms with Crippen LogP contribution in [0.25, 0.3) is 0 Å². The van der Waals surface area contributed by atoms with Gasteiger partial charge in [-0.15, -0.1) is 0 Å². The number of allylic oxidation sites excluding steroid dienone is 3. The van der Waals surface area contributed by atoms with E-state index in [-0.39, 0.29) is 0 Å². The molecule has 0 fully saturated rings. The maximum Gasteiger partial charge on any atom is 0.328 e. The molecule has 0 aliphatic heterocycles. The van der Waals surface area contributed by atoms with E-state index in [1.54, 1.807) is 6.08 Å². The van der Waals surface area contributed by atoms with Gasteiger partial charge in [-0.05, 0) is 12.8 Å². The highest BCUT2D eigenvalue weighted by molar-refractivity contribution is 5.80. The van der Waals surface area contributed by atoms with Crippen molar-refractivity contribution in [3.05, 3.63) is 24.3 Å². The Hall–Kier alpha value is -1.05. The fourth-order valence-corrected chi connectivity index (χ4v) is 1.53. The highest BCUT2D eigenvalue weighted by atomic mass is 16.4. The van der Waals surface area contributed by atoms with E-state index in [1.165, 1.54) is 44.9 Å². The van der Waals surface area contributed by atoms with Gasteiger partial charge in [0.2, 0.25) is 0 Å². The Morgan fingerprint density at radius 2 is 1.62 bits per heavy atom. The van der Waals surface area contributed by atoms with Crippen LogP contribution in [0.3, 0.4) is 0 Å². The van der Waals surface area contributed by atoms with Gasteiger partial charge in [0, 0.05) is 6.08 Å². The molecule has 0 radical (unpaired) electrons. The lowest BCUT2D eigenvalue weighted by molar-refractivity contribution is -0.131. The highest BCUT2D eigenvalue weighted by Crippen LogP contribution is 2.08. The second kappa shape index (κ2) is 12.0. The Balaban J connectivity index is 3.17. The Morgan fingerprint density at radius 3 is 2.25 bits per heavy atom. The van der Waals surface area contributed by atoms with Crippen molar-refractivity contribution < 1.29 is 9.90 Å². The van der Waals surface area contributed by atoms with Crippen LogP contribution in [-0.4, -0.2) is 11.1 Å². The SMILES string of the molecule is CCCCCCCCCC=C/C=C\C(=O)O. The molecule has 0 saturated carbocycles. The number of hydrogen-bond donors (Lipinski definition) is 1. The van der Waals surface area contributed by atoms with Gasteiger partial charge in [0.25, 0.3) is 0 Å². The third-order valence-electron chi connectivity index (χ3n) is 2.46.